The lowest BCUT2D eigenvalue weighted by atomic mass is 10.00. The zero-order chi connectivity index (χ0) is 15.3. The van der Waals surface area contributed by atoms with Crippen LogP contribution in [0.3, 0.4) is 0 Å². The third kappa shape index (κ3) is 3.91. The second kappa shape index (κ2) is 6.84. The van der Waals surface area contributed by atoms with Crippen LogP contribution in [-0.4, -0.2) is 37.9 Å². The van der Waals surface area contributed by atoms with Crippen molar-refractivity contribution >= 4 is 11.8 Å². The fourth-order valence-corrected chi connectivity index (χ4v) is 1.76. The van der Waals surface area contributed by atoms with Crippen molar-refractivity contribution in [3.8, 4) is 0 Å². The van der Waals surface area contributed by atoms with E-state index in [1.807, 2.05) is 6.92 Å². The maximum Gasteiger partial charge on any atom is 0.337 e. The summed E-state index contributed by atoms with van der Waals surface area (Å²) in [4.78, 5) is 25.5. The summed E-state index contributed by atoms with van der Waals surface area (Å²) in [6.07, 6.45) is 2.20. The van der Waals surface area contributed by atoms with Gasteiger partial charge in [0.05, 0.1) is 12.7 Å². The number of rotatable bonds is 5. The summed E-state index contributed by atoms with van der Waals surface area (Å²) in [5.41, 5.74) is 0.702. The summed E-state index contributed by atoms with van der Waals surface area (Å²) in [6, 6.07) is 3.51. The van der Waals surface area contributed by atoms with E-state index < -0.39 is 11.8 Å². The van der Waals surface area contributed by atoms with E-state index in [9.17, 15) is 14.0 Å². The number of carbonyl (C=O) groups is 2. The summed E-state index contributed by atoms with van der Waals surface area (Å²) in [5.74, 6) is -1.62. The Morgan fingerprint density at radius 3 is 2.35 bits per heavy atom. The SMILES string of the molecule is CC/C(=C\N(C)C)C(=O)c1cc(F)cc(C(=O)OC)c1. The third-order valence-electron chi connectivity index (χ3n) is 2.67. The van der Waals surface area contributed by atoms with Crippen LogP contribution in [0.1, 0.15) is 34.1 Å². The highest BCUT2D eigenvalue weighted by atomic mass is 19.1. The molecule has 4 nitrogen and oxygen atoms in total. The van der Waals surface area contributed by atoms with E-state index in [4.69, 9.17) is 0 Å². The van der Waals surface area contributed by atoms with E-state index in [-0.39, 0.29) is 16.9 Å². The summed E-state index contributed by atoms with van der Waals surface area (Å²) in [7, 11) is 4.81. The van der Waals surface area contributed by atoms with Gasteiger partial charge in [-0.1, -0.05) is 6.92 Å². The Hall–Kier alpha value is -2.17. The number of carbonyl (C=O) groups excluding carboxylic acids is 2. The van der Waals surface area contributed by atoms with Gasteiger partial charge in [-0.15, -0.1) is 0 Å². The van der Waals surface area contributed by atoms with Crippen LogP contribution in [0.15, 0.2) is 30.0 Å². The van der Waals surface area contributed by atoms with E-state index in [1.165, 1.54) is 13.2 Å². The number of methoxy groups -OCH3 is 1. The second-order valence-electron chi connectivity index (χ2n) is 4.52. The third-order valence-corrected chi connectivity index (χ3v) is 2.67. The Balaban J connectivity index is 3.22. The molecule has 20 heavy (non-hydrogen) atoms. The minimum absolute atomic E-state index is 0.0242. The van der Waals surface area contributed by atoms with Gasteiger partial charge >= 0.3 is 5.97 Å². The normalized spacial score (nSPS) is 11.2. The van der Waals surface area contributed by atoms with Crippen LogP contribution in [0, 0.1) is 5.82 Å². The van der Waals surface area contributed by atoms with Gasteiger partial charge in [0.2, 0.25) is 0 Å². The highest BCUT2D eigenvalue weighted by Gasteiger charge is 2.16. The van der Waals surface area contributed by atoms with E-state index in [0.29, 0.717) is 12.0 Å². The van der Waals surface area contributed by atoms with E-state index in [0.717, 1.165) is 12.1 Å². The molecule has 0 unspecified atom stereocenters. The summed E-state index contributed by atoms with van der Waals surface area (Å²) in [6.45, 7) is 1.84. The maximum atomic E-state index is 13.5. The van der Waals surface area contributed by atoms with Crippen LogP contribution in [0.5, 0.6) is 0 Å². The fraction of sp³-hybridized carbons (Fsp3) is 0.333. The van der Waals surface area contributed by atoms with Gasteiger partial charge in [0, 0.05) is 31.4 Å². The number of hydrogen-bond donors (Lipinski definition) is 0. The predicted molar refractivity (Wildman–Crippen MR) is 74.1 cm³/mol. The van der Waals surface area contributed by atoms with Gasteiger partial charge in [0.15, 0.2) is 5.78 Å². The standard InChI is InChI=1S/C15H18FNO3/c1-5-10(9-17(2)3)14(18)11-6-12(15(19)20-4)8-13(16)7-11/h6-9H,5H2,1-4H3/b10-9+. The number of nitrogens with zero attached hydrogens (tertiary/aromatic N) is 1. The van der Waals surface area contributed by atoms with Crippen molar-refractivity contribution in [1.29, 1.82) is 0 Å². The van der Waals surface area contributed by atoms with Gasteiger partial charge in [0.1, 0.15) is 5.82 Å². The first kappa shape index (κ1) is 15.9. The highest BCUT2D eigenvalue weighted by Crippen LogP contribution is 2.16. The van der Waals surface area contributed by atoms with Crippen molar-refractivity contribution in [2.75, 3.05) is 21.2 Å². The molecule has 0 bridgehead atoms. The van der Waals surface area contributed by atoms with Gasteiger partial charge in [-0.2, -0.15) is 0 Å². The van der Waals surface area contributed by atoms with Crippen LogP contribution in [0.25, 0.3) is 0 Å². The Kier molecular flexibility index (Phi) is 5.43. The van der Waals surface area contributed by atoms with Gasteiger partial charge in [-0.05, 0) is 24.6 Å². The fourth-order valence-electron chi connectivity index (χ4n) is 1.76. The number of ketones is 1. The lowest BCUT2D eigenvalue weighted by molar-refractivity contribution is 0.0600. The van der Waals surface area contributed by atoms with Gasteiger partial charge in [-0.3, -0.25) is 4.79 Å². The molecule has 0 aromatic heterocycles. The number of ether oxygens (including phenoxy) is 1. The van der Waals surface area contributed by atoms with Crippen molar-refractivity contribution in [1.82, 2.24) is 4.90 Å². The molecule has 0 spiro atoms. The van der Waals surface area contributed by atoms with Crippen LogP contribution in [0.4, 0.5) is 4.39 Å². The van der Waals surface area contributed by atoms with Crippen molar-refractivity contribution in [3.63, 3.8) is 0 Å². The zero-order valence-electron chi connectivity index (χ0n) is 12.1. The Bertz CT molecular complexity index is 550. The molecule has 0 aliphatic rings. The lowest BCUT2D eigenvalue weighted by Crippen LogP contribution is -2.11. The second-order valence-corrected chi connectivity index (χ2v) is 4.52. The number of benzene rings is 1. The van der Waals surface area contributed by atoms with E-state index in [2.05, 4.69) is 4.74 Å². The van der Waals surface area contributed by atoms with Crippen LogP contribution < -0.4 is 0 Å². The number of hydrogen-bond acceptors (Lipinski definition) is 4. The van der Waals surface area contributed by atoms with Crippen molar-refractivity contribution < 1.29 is 18.7 Å². The average molecular weight is 279 g/mol. The van der Waals surface area contributed by atoms with Gasteiger partial charge < -0.3 is 9.64 Å². The van der Waals surface area contributed by atoms with Gasteiger partial charge in [-0.25, -0.2) is 9.18 Å². The molecular formula is C15H18FNO3. The number of Topliss-reactive ketones (excluding diaryl/α,β-unsaturated/α-hetero) is 1. The molecule has 0 fully saturated rings. The lowest BCUT2D eigenvalue weighted by Gasteiger charge is -2.10. The largest absolute Gasteiger partial charge is 0.465 e. The van der Waals surface area contributed by atoms with Crippen molar-refractivity contribution in [2.45, 2.75) is 13.3 Å². The minimum atomic E-state index is -0.673. The summed E-state index contributed by atoms with van der Waals surface area (Å²) < 4.78 is 18.1. The quantitative estimate of drug-likeness (QED) is 0.472. The summed E-state index contributed by atoms with van der Waals surface area (Å²) >= 11 is 0. The van der Waals surface area contributed by atoms with Crippen LogP contribution >= 0.6 is 0 Å². The topological polar surface area (TPSA) is 46.6 Å². The molecule has 108 valence electrons. The first-order chi connectivity index (χ1) is 9.38. The molecule has 1 aromatic rings. The van der Waals surface area contributed by atoms with Crippen molar-refractivity contribution in [2.24, 2.45) is 0 Å². The molecule has 0 aliphatic carbocycles. The highest BCUT2D eigenvalue weighted by molar-refractivity contribution is 6.09. The Labute approximate surface area is 117 Å². The number of allylic oxidation sites excluding steroid dienone is 1. The maximum absolute atomic E-state index is 13.5. The summed E-state index contributed by atoms with van der Waals surface area (Å²) in [5, 5.41) is 0. The first-order valence-electron chi connectivity index (χ1n) is 6.19. The van der Waals surface area contributed by atoms with E-state index in [1.54, 1.807) is 25.2 Å². The van der Waals surface area contributed by atoms with Gasteiger partial charge in [0.25, 0.3) is 0 Å². The first-order valence-corrected chi connectivity index (χ1v) is 6.19. The molecule has 0 saturated carbocycles. The molecule has 1 aromatic carbocycles. The van der Waals surface area contributed by atoms with E-state index >= 15 is 0 Å². The molecule has 1 rings (SSSR count). The van der Waals surface area contributed by atoms with Crippen LogP contribution in [0.2, 0.25) is 0 Å². The molecule has 0 heterocycles. The predicted octanol–water partition coefficient (Wildman–Crippen LogP) is 2.65. The number of esters is 1. The molecule has 0 radical (unpaired) electrons. The van der Waals surface area contributed by atoms with Crippen molar-refractivity contribution in [3.05, 3.63) is 46.9 Å². The molecular weight excluding hydrogens is 261 g/mol. The minimum Gasteiger partial charge on any atom is -0.465 e. The number of halogens is 1. The monoisotopic (exact) mass is 279 g/mol. The Morgan fingerprint density at radius 1 is 1.25 bits per heavy atom. The molecule has 0 aliphatic heterocycles. The molecule has 0 saturated heterocycles. The smallest absolute Gasteiger partial charge is 0.337 e. The van der Waals surface area contributed by atoms with Crippen LogP contribution in [-0.2, 0) is 4.74 Å². The molecule has 0 amide bonds. The molecule has 0 atom stereocenters. The zero-order valence-corrected chi connectivity index (χ0v) is 12.1. The molecule has 5 heteroatoms. The average Bonchev–Trinajstić information content (AvgIpc) is 2.42. The Morgan fingerprint density at radius 2 is 1.85 bits per heavy atom. The molecule has 0 N–H and O–H groups in total.